The molecule has 3 rings (SSSR count). The quantitative estimate of drug-likeness (QED) is 0.796. The van der Waals surface area contributed by atoms with Gasteiger partial charge in [0.15, 0.2) is 0 Å². The fourth-order valence-electron chi connectivity index (χ4n) is 3.64. The largest absolute Gasteiger partial charge is 0.491 e. The summed E-state index contributed by atoms with van der Waals surface area (Å²) in [6.07, 6.45) is 5.42. The Labute approximate surface area is 150 Å². The van der Waals surface area contributed by atoms with Crippen molar-refractivity contribution in [1.82, 2.24) is 5.32 Å². The van der Waals surface area contributed by atoms with Gasteiger partial charge in [-0.25, -0.2) is 0 Å². The van der Waals surface area contributed by atoms with Crippen molar-refractivity contribution >= 4 is 11.6 Å². The summed E-state index contributed by atoms with van der Waals surface area (Å²) in [6, 6.07) is 7.60. The summed E-state index contributed by atoms with van der Waals surface area (Å²) < 4.78 is 11.3. The van der Waals surface area contributed by atoms with E-state index in [0.717, 1.165) is 44.0 Å². The molecular weight excluding hydrogens is 316 g/mol. The Morgan fingerprint density at radius 3 is 2.84 bits per heavy atom. The molecule has 3 unspecified atom stereocenters. The van der Waals surface area contributed by atoms with E-state index in [-0.39, 0.29) is 12.0 Å². The maximum Gasteiger partial charge on any atom is 0.224 e. The predicted octanol–water partition coefficient (Wildman–Crippen LogP) is 3.21. The van der Waals surface area contributed by atoms with Crippen LogP contribution in [0.25, 0.3) is 0 Å². The van der Waals surface area contributed by atoms with Crippen molar-refractivity contribution in [2.75, 3.05) is 31.6 Å². The summed E-state index contributed by atoms with van der Waals surface area (Å²) in [6.45, 7) is 5.76. The molecule has 0 bridgehead atoms. The minimum Gasteiger partial charge on any atom is -0.491 e. The number of ether oxygens (including phenoxy) is 2. The van der Waals surface area contributed by atoms with Crippen molar-refractivity contribution in [3.63, 3.8) is 0 Å². The highest BCUT2D eigenvalue weighted by atomic mass is 16.5. The maximum atomic E-state index is 12.3. The Bertz CT molecular complexity index is 534. The highest BCUT2D eigenvalue weighted by molar-refractivity contribution is 5.90. The van der Waals surface area contributed by atoms with E-state index in [1.807, 2.05) is 24.3 Å². The predicted molar refractivity (Wildman–Crippen MR) is 98.9 cm³/mol. The van der Waals surface area contributed by atoms with Crippen LogP contribution in [0.3, 0.4) is 0 Å². The molecule has 0 saturated carbocycles. The molecule has 3 atom stereocenters. The van der Waals surface area contributed by atoms with Crippen LogP contribution in [-0.4, -0.2) is 38.3 Å². The standard InChI is InChI=1S/C20H30N2O3/c1-15(16-4-2-10-21-13-16)12-20(23)22-17-6-8-18(9-7-17)25-14-19-5-3-11-24-19/h6-9,15-16,19,21H,2-5,10-14H2,1H3,(H,22,23). The van der Waals surface area contributed by atoms with Gasteiger partial charge in [0.1, 0.15) is 12.4 Å². The molecule has 0 spiro atoms. The Morgan fingerprint density at radius 1 is 1.32 bits per heavy atom. The number of anilines is 1. The van der Waals surface area contributed by atoms with Crippen molar-refractivity contribution < 1.29 is 14.3 Å². The summed E-state index contributed by atoms with van der Waals surface area (Å²) >= 11 is 0. The Hall–Kier alpha value is -1.59. The van der Waals surface area contributed by atoms with Crippen LogP contribution < -0.4 is 15.4 Å². The van der Waals surface area contributed by atoms with Crippen LogP contribution in [0, 0.1) is 11.8 Å². The van der Waals surface area contributed by atoms with E-state index >= 15 is 0 Å². The number of piperidine rings is 1. The summed E-state index contributed by atoms with van der Waals surface area (Å²) in [7, 11) is 0. The fraction of sp³-hybridized carbons (Fsp3) is 0.650. The molecule has 5 heteroatoms. The monoisotopic (exact) mass is 346 g/mol. The van der Waals surface area contributed by atoms with Crippen LogP contribution >= 0.6 is 0 Å². The second-order valence-corrected chi connectivity index (χ2v) is 7.31. The lowest BCUT2D eigenvalue weighted by Crippen LogP contribution is -2.34. The number of rotatable bonds is 7. The Kier molecular flexibility index (Phi) is 6.70. The van der Waals surface area contributed by atoms with E-state index in [2.05, 4.69) is 17.6 Å². The molecule has 2 aliphatic heterocycles. The van der Waals surface area contributed by atoms with Crippen LogP contribution in [0.15, 0.2) is 24.3 Å². The molecule has 2 aliphatic rings. The molecule has 1 amide bonds. The van der Waals surface area contributed by atoms with Crippen molar-refractivity contribution in [3.05, 3.63) is 24.3 Å². The molecule has 138 valence electrons. The zero-order chi connectivity index (χ0) is 17.5. The summed E-state index contributed by atoms with van der Waals surface area (Å²) in [5.74, 6) is 1.91. The van der Waals surface area contributed by atoms with Crippen molar-refractivity contribution in [2.24, 2.45) is 11.8 Å². The number of benzene rings is 1. The van der Waals surface area contributed by atoms with Gasteiger partial charge in [-0.05, 0) is 74.9 Å². The van der Waals surface area contributed by atoms with Crippen LogP contribution in [0.4, 0.5) is 5.69 Å². The molecule has 0 radical (unpaired) electrons. The summed E-state index contributed by atoms with van der Waals surface area (Å²) in [5.41, 5.74) is 0.823. The Balaban J connectivity index is 1.41. The number of nitrogens with one attached hydrogen (secondary N) is 2. The SMILES string of the molecule is CC(CC(=O)Nc1ccc(OCC2CCCO2)cc1)C1CCCNC1. The van der Waals surface area contributed by atoms with E-state index in [4.69, 9.17) is 9.47 Å². The highest BCUT2D eigenvalue weighted by Crippen LogP contribution is 2.23. The van der Waals surface area contributed by atoms with Gasteiger partial charge < -0.3 is 20.1 Å². The first-order valence-electron chi connectivity index (χ1n) is 9.56. The summed E-state index contributed by atoms with van der Waals surface area (Å²) in [4.78, 5) is 12.3. The fourth-order valence-corrected chi connectivity index (χ4v) is 3.64. The molecule has 2 fully saturated rings. The maximum absolute atomic E-state index is 12.3. The molecule has 2 heterocycles. The van der Waals surface area contributed by atoms with Gasteiger partial charge in [0.2, 0.25) is 5.91 Å². The van der Waals surface area contributed by atoms with Gasteiger partial charge in [-0.1, -0.05) is 6.92 Å². The molecule has 25 heavy (non-hydrogen) atoms. The van der Waals surface area contributed by atoms with Gasteiger partial charge in [-0.3, -0.25) is 4.79 Å². The van der Waals surface area contributed by atoms with E-state index in [0.29, 0.717) is 24.9 Å². The molecule has 0 aromatic heterocycles. The van der Waals surface area contributed by atoms with Crippen LogP contribution in [0.2, 0.25) is 0 Å². The molecule has 2 saturated heterocycles. The third-order valence-electron chi connectivity index (χ3n) is 5.25. The van der Waals surface area contributed by atoms with Gasteiger partial charge in [0.25, 0.3) is 0 Å². The number of carbonyl (C=O) groups excluding carboxylic acids is 1. The zero-order valence-corrected chi connectivity index (χ0v) is 15.1. The van der Waals surface area contributed by atoms with Crippen LogP contribution in [-0.2, 0) is 9.53 Å². The summed E-state index contributed by atoms with van der Waals surface area (Å²) in [5, 5.41) is 6.42. The topological polar surface area (TPSA) is 59.6 Å². The molecule has 5 nitrogen and oxygen atoms in total. The first-order chi connectivity index (χ1) is 12.2. The van der Waals surface area contributed by atoms with Crippen LogP contribution in [0.1, 0.15) is 39.0 Å². The van der Waals surface area contributed by atoms with Crippen molar-refractivity contribution in [2.45, 2.75) is 45.1 Å². The van der Waals surface area contributed by atoms with Crippen molar-refractivity contribution in [3.8, 4) is 5.75 Å². The van der Waals surface area contributed by atoms with Crippen molar-refractivity contribution in [1.29, 1.82) is 0 Å². The van der Waals surface area contributed by atoms with E-state index < -0.39 is 0 Å². The second kappa shape index (κ2) is 9.20. The minimum atomic E-state index is 0.0890. The lowest BCUT2D eigenvalue weighted by atomic mass is 9.85. The van der Waals surface area contributed by atoms with E-state index in [9.17, 15) is 4.79 Å². The molecule has 1 aromatic carbocycles. The number of hydrogen-bond donors (Lipinski definition) is 2. The highest BCUT2D eigenvalue weighted by Gasteiger charge is 2.22. The number of hydrogen-bond acceptors (Lipinski definition) is 4. The van der Waals surface area contributed by atoms with Crippen LogP contribution in [0.5, 0.6) is 5.75 Å². The minimum absolute atomic E-state index is 0.0890. The molecule has 2 N–H and O–H groups in total. The first kappa shape index (κ1) is 18.2. The van der Waals surface area contributed by atoms with Gasteiger partial charge in [0, 0.05) is 18.7 Å². The van der Waals surface area contributed by atoms with Gasteiger partial charge in [0.05, 0.1) is 6.10 Å². The normalized spacial score (nSPS) is 24.7. The molecular formula is C20H30N2O3. The van der Waals surface area contributed by atoms with Gasteiger partial charge in [-0.2, -0.15) is 0 Å². The average Bonchev–Trinajstić information content (AvgIpc) is 3.15. The first-order valence-corrected chi connectivity index (χ1v) is 9.56. The number of carbonyl (C=O) groups is 1. The number of amides is 1. The third-order valence-corrected chi connectivity index (χ3v) is 5.25. The molecule has 0 aliphatic carbocycles. The smallest absolute Gasteiger partial charge is 0.224 e. The lowest BCUT2D eigenvalue weighted by molar-refractivity contribution is -0.117. The van der Waals surface area contributed by atoms with Gasteiger partial charge in [-0.15, -0.1) is 0 Å². The van der Waals surface area contributed by atoms with E-state index in [1.54, 1.807) is 0 Å². The average molecular weight is 346 g/mol. The zero-order valence-electron chi connectivity index (χ0n) is 15.1. The van der Waals surface area contributed by atoms with E-state index in [1.165, 1.54) is 12.8 Å². The second-order valence-electron chi connectivity index (χ2n) is 7.31. The lowest BCUT2D eigenvalue weighted by Gasteiger charge is -2.28. The molecule has 1 aromatic rings. The van der Waals surface area contributed by atoms with Gasteiger partial charge >= 0.3 is 0 Å². The third kappa shape index (κ3) is 5.72. The Morgan fingerprint density at radius 2 is 2.16 bits per heavy atom.